The average Bonchev–Trinajstić information content (AvgIpc) is 2.61. The number of nitro benzene ring substituents is 1. The normalized spacial score (nSPS) is 16.5. The Labute approximate surface area is 151 Å². The Kier molecular flexibility index (Phi) is 4.84. The van der Waals surface area contributed by atoms with Gasteiger partial charge in [-0.15, -0.1) is 0 Å². The van der Waals surface area contributed by atoms with E-state index in [0.29, 0.717) is 17.1 Å². The van der Waals surface area contributed by atoms with Crippen LogP contribution in [0, 0.1) is 17.0 Å². The van der Waals surface area contributed by atoms with Gasteiger partial charge in [-0.3, -0.25) is 10.1 Å². The van der Waals surface area contributed by atoms with E-state index in [1.807, 2.05) is 6.07 Å². The lowest BCUT2D eigenvalue weighted by Gasteiger charge is -2.29. The molecule has 9 heteroatoms. The van der Waals surface area contributed by atoms with Crippen molar-refractivity contribution < 1.29 is 22.8 Å². The molecule has 1 aliphatic heterocycles. The SMILES string of the molecule is Cc1ccc(S(=O)(=O)N(C)C[C@H]2COc3ccccc3O2)cc1[N+](=O)[O-]. The second-order valence-corrected chi connectivity index (χ2v) is 8.03. The van der Waals surface area contributed by atoms with Crippen molar-refractivity contribution in [3.05, 3.63) is 58.1 Å². The molecule has 8 nitrogen and oxygen atoms in total. The Hall–Kier alpha value is -2.65. The van der Waals surface area contributed by atoms with Gasteiger partial charge in [0.15, 0.2) is 11.5 Å². The summed E-state index contributed by atoms with van der Waals surface area (Å²) < 4.78 is 38.0. The molecule has 1 aliphatic rings. The third-order valence-corrected chi connectivity index (χ3v) is 5.93. The van der Waals surface area contributed by atoms with Crippen LogP contribution in [-0.4, -0.2) is 43.9 Å². The standard InChI is InChI=1S/C17H18N2O6S/c1-12-7-8-14(9-15(12)19(20)21)26(22,23)18(2)10-13-11-24-16-5-3-4-6-17(16)25-13/h3-9,13H,10-11H2,1-2H3/t13-/m0/s1. The number of rotatable bonds is 5. The summed E-state index contributed by atoms with van der Waals surface area (Å²) >= 11 is 0. The minimum Gasteiger partial charge on any atom is -0.486 e. The summed E-state index contributed by atoms with van der Waals surface area (Å²) in [5, 5.41) is 11.1. The molecule has 0 saturated heterocycles. The molecule has 0 fully saturated rings. The first-order chi connectivity index (χ1) is 12.3. The lowest BCUT2D eigenvalue weighted by atomic mass is 10.2. The quantitative estimate of drug-likeness (QED) is 0.585. The molecule has 0 unspecified atom stereocenters. The molecule has 2 aromatic rings. The Bertz CT molecular complexity index is 944. The first-order valence-electron chi connectivity index (χ1n) is 7.89. The van der Waals surface area contributed by atoms with Crippen molar-refractivity contribution in [1.82, 2.24) is 4.31 Å². The molecule has 0 aromatic heterocycles. The van der Waals surface area contributed by atoms with Crippen LogP contribution in [0.4, 0.5) is 5.69 Å². The molecule has 0 spiro atoms. The predicted molar refractivity (Wildman–Crippen MR) is 94.0 cm³/mol. The number of fused-ring (bicyclic) bond motifs is 1. The van der Waals surface area contributed by atoms with Gasteiger partial charge in [-0.25, -0.2) is 8.42 Å². The summed E-state index contributed by atoms with van der Waals surface area (Å²) in [5.41, 5.74) is 0.169. The predicted octanol–water partition coefficient (Wildman–Crippen LogP) is 2.36. The fourth-order valence-electron chi connectivity index (χ4n) is 2.66. The number of hydrogen-bond donors (Lipinski definition) is 0. The van der Waals surface area contributed by atoms with Crippen molar-refractivity contribution in [1.29, 1.82) is 0 Å². The van der Waals surface area contributed by atoms with Crippen LogP contribution in [-0.2, 0) is 10.0 Å². The highest BCUT2D eigenvalue weighted by atomic mass is 32.2. The molecule has 0 saturated carbocycles. The van der Waals surface area contributed by atoms with Gasteiger partial charge in [-0.2, -0.15) is 4.31 Å². The number of nitrogens with zero attached hydrogens (tertiary/aromatic N) is 2. The zero-order valence-electron chi connectivity index (χ0n) is 14.3. The van der Waals surface area contributed by atoms with Gasteiger partial charge in [0.25, 0.3) is 5.69 Å². The maximum atomic E-state index is 12.7. The third kappa shape index (κ3) is 3.49. The smallest absolute Gasteiger partial charge is 0.273 e. The average molecular weight is 378 g/mol. The van der Waals surface area contributed by atoms with E-state index in [1.165, 1.54) is 19.2 Å². The minimum absolute atomic E-state index is 0.0539. The van der Waals surface area contributed by atoms with Crippen LogP contribution in [0.1, 0.15) is 5.56 Å². The van der Waals surface area contributed by atoms with Crippen molar-refractivity contribution in [3.63, 3.8) is 0 Å². The van der Waals surface area contributed by atoms with Crippen LogP contribution in [0.3, 0.4) is 0 Å². The first kappa shape index (κ1) is 18.2. The number of aryl methyl sites for hydroxylation is 1. The number of sulfonamides is 1. The summed E-state index contributed by atoms with van der Waals surface area (Å²) in [7, 11) is -2.49. The molecule has 2 aromatic carbocycles. The Balaban J connectivity index is 1.78. The Morgan fingerprint density at radius 1 is 1.23 bits per heavy atom. The topological polar surface area (TPSA) is 99.0 Å². The largest absolute Gasteiger partial charge is 0.486 e. The van der Waals surface area contributed by atoms with Crippen molar-refractivity contribution in [3.8, 4) is 11.5 Å². The number of ether oxygens (including phenoxy) is 2. The number of likely N-dealkylation sites (N-methyl/N-ethyl adjacent to an activating group) is 1. The molecule has 138 valence electrons. The molecule has 0 aliphatic carbocycles. The van der Waals surface area contributed by atoms with Gasteiger partial charge in [-0.05, 0) is 25.1 Å². The highest BCUT2D eigenvalue weighted by Crippen LogP contribution is 2.31. The molecule has 0 amide bonds. The van der Waals surface area contributed by atoms with E-state index in [2.05, 4.69) is 0 Å². The molecule has 0 N–H and O–H groups in total. The van der Waals surface area contributed by atoms with Crippen molar-refractivity contribution in [2.45, 2.75) is 17.9 Å². The minimum atomic E-state index is -3.90. The summed E-state index contributed by atoms with van der Waals surface area (Å²) in [6.07, 6.45) is -0.481. The molecule has 1 atom stereocenters. The van der Waals surface area contributed by atoms with Crippen LogP contribution in [0.25, 0.3) is 0 Å². The fourth-order valence-corrected chi connectivity index (χ4v) is 3.89. The van der Waals surface area contributed by atoms with Gasteiger partial charge in [0.2, 0.25) is 10.0 Å². The summed E-state index contributed by atoms with van der Waals surface area (Å²) in [6.45, 7) is 1.83. The van der Waals surface area contributed by atoms with E-state index in [-0.39, 0.29) is 23.7 Å². The number of para-hydroxylation sites is 2. The fraction of sp³-hybridized carbons (Fsp3) is 0.294. The molecule has 0 bridgehead atoms. The number of nitro groups is 1. The maximum Gasteiger partial charge on any atom is 0.273 e. The van der Waals surface area contributed by atoms with Crippen LogP contribution < -0.4 is 9.47 Å². The number of hydrogen-bond acceptors (Lipinski definition) is 6. The third-order valence-electron chi connectivity index (χ3n) is 4.11. The van der Waals surface area contributed by atoms with Crippen LogP contribution in [0.15, 0.2) is 47.4 Å². The van der Waals surface area contributed by atoms with E-state index in [9.17, 15) is 18.5 Å². The van der Waals surface area contributed by atoms with Crippen LogP contribution in [0.5, 0.6) is 11.5 Å². The monoisotopic (exact) mass is 378 g/mol. The van der Waals surface area contributed by atoms with E-state index < -0.39 is 21.1 Å². The zero-order chi connectivity index (χ0) is 18.9. The van der Waals surface area contributed by atoms with Crippen LogP contribution >= 0.6 is 0 Å². The Morgan fingerprint density at radius 3 is 2.62 bits per heavy atom. The van der Waals surface area contributed by atoms with Crippen molar-refractivity contribution in [2.24, 2.45) is 0 Å². The summed E-state index contributed by atoms with van der Waals surface area (Å²) in [5.74, 6) is 1.17. The highest BCUT2D eigenvalue weighted by Gasteiger charge is 2.29. The van der Waals surface area contributed by atoms with E-state index in [1.54, 1.807) is 25.1 Å². The number of benzene rings is 2. The van der Waals surface area contributed by atoms with Gasteiger partial charge in [-0.1, -0.05) is 18.2 Å². The summed E-state index contributed by atoms with van der Waals surface area (Å²) in [6, 6.07) is 11.0. The van der Waals surface area contributed by atoms with E-state index in [0.717, 1.165) is 10.4 Å². The second kappa shape index (κ2) is 6.93. The van der Waals surface area contributed by atoms with Crippen molar-refractivity contribution >= 4 is 15.7 Å². The van der Waals surface area contributed by atoms with Gasteiger partial charge >= 0.3 is 0 Å². The van der Waals surface area contributed by atoms with Gasteiger partial charge < -0.3 is 9.47 Å². The molecule has 0 radical (unpaired) electrons. The maximum absolute atomic E-state index is 12.7. The van der Waals surface area contributed by atoms with Gasteiger partial charge in [0.1, 0.15) is 12.7 Å². The molecular formula is C17H18N2O6S. The molecule has 1 heterocycles. The lowest BCUT2D eigenvalue weighted by Crippen LogP contribution is -2.41. The lowest BCUT2D eigenvalue weighted by molar-refractivity contribution is -0.385. The molecule has 26 heavy (non-hydrogen) atoms. The van der Waals surface area contributed by atoms with Crippen LogP contribution in [0.2, 0.25) is 0 Å². The first-order valence-corrected chi connectivity index (χ1v) is 9.33. The molecular weight excluding hydrogens is 360 g/mol. The van der Waals surface area contributed by atoms with Gasteiger partial charge in [0.05, 0.1) is 16.4 Å². The van der Waals surface area contributed by atoms with E-state index >= 15 is 0 Å². The van der Waals surface area contributed by atoms with Gasteiger partial charge in [0, 0.05) is 18.7 Å². The van der Waals surface area contributed by atoms with Crippen molar-refractivity contribution in [2.75, 3.05) is 20.2 Å². The Morgan fingerprint density at radius 2 is 1.92 bits per heavy atom. The molecule has 3 rings (SSSR count). The highest BCUT2D eigenvalue weighted by molar-refractivity contribution is 7.89. The summed E-state index contributed by atoms with van der Waals surface area (Å²) in [4.78, 5) is 10.3. The second-order valence-electron chi connectivity index (χ2n) is 5.99. The zero-order valence-corrected chi connectivity index (χ0v) is 15.1. The van der Waals surface area contributed by atoms with E-state index in [4.69, 9.17) is 9.47 Å².